The number of rotatable bonds is 4. The summed E-state index contributed by atoms with van der Waals surface area (Å²) in [6.45, 7) is 3.49. The van der Waals surface area contributed by atoms with Crippen LogP contribution in [0.4, 0.5) is 5.82 Å². The summed E-state index contributed by atoms with van der Waals surface area (Å²) >= 11 is 6.15. The van der Waals surface area contributed by atoms with E-state index >= 15 is 0 Å². The fourth-order valence-corrected chi connectivity index (χ4v) is 3.34. The van der Waals surface area contributed by atoms with Crippen LogP contribution in [0.25, 0.3) is 11.2 Å². The number of imidazole rings is 1. The summed E-state index contributed by atoms with van der Waals surface area (Å²) in [5.41, 5.74) is 3.83. The lowest BCUT2D eigenvalue weighted by atomic mass is 10.1. The van der Waals surface area contributed by atoms with Gasteiger partial charge in [-0.15, -0.1) is 0 Å². The summed E-state index contributed by atoms with van der Waals surface area (Å²) in [7, 11) is 0. The molecule has 1 aliphatic rings. The van der Waals surface area contributed by atoms with E-state index in [2.05, 4.69) is 45.4 Å². The summed E-state index contributed by atoms with van der Waals surface area (Å²) in [6, 6.07) is 8.34. The number of ether oxygens (including phenoxy) is 1. The van der Waals surface area contributed by atoms with Crippen LogP contribution in [-0.4, -0.2) is 26.1 Å². The van der Waals surface area contributed by atoms with E-state index in [1.165, 1.54) is 11.1 Å². The van der Waals surface area contributed by atoms with Crippen LogP contribution in [0.3, 0.4) is 0 Å². The van der Waals surface area contributed by atoms with Gasteiger partial charge < -0.3 is 10.1 Å². The molecule has 4 rings (SSSR count). The molecule has 0 radical (unpaired) electrons. The Kier molecular flexibility index (Phi) is 4.55. The highest BCUT2D eigenvalue weighted by atomic mass is 35.5. The molecule has 0 saturated carbocycles. The molecule has 2 aromatic heterocycles. The Bertz CT molecular complexity index is 888. The molecule has 3 heterocycles. The van der Waals surface area contributed by atoms with E-state index in [9.17, 15) is 0 Å². The zero-order valence-electron chi connectivity index (χ0n) is 14.1. The molecule has 0 aliphatic carbocycles. The Hall–Kier alpha value is -2.18. The second-order valence-electron chi connectivity index (χ2n) is 6.33. The third-order valence-corrected chi connectivity index (χ3v) is 4.57. The number of halogens is 1. The molecule has 1 atom stereocenters. The maximum atomic E-state index is 6.15. The van der Waals surface area contributed by atoms with Gasteiger partial charge in [0.05, 0.1) is 6.33 Å². The summed E-state index contributed by atoms with van der Waals surface area (Å²) in [4.78, 5) is 13.2. The van der Waals surface area contributed by atoms with Gasteiger partial charge in [0.15, 0.2) is 17.0 Å². The number of benzene rings is 1. The average molecular weight is 358 g/mol. The van der Waals surface area contributed by atoms with E-state index in [1.54, 1.807) is 6.33 Å². The second kappa shape index (κ2) is 6.98. The monoisotopic (exact) mass is 357 g/mol. The minimum atomic E-state index is -0.0330. The molecule has 1 N–H and O–H groups in total. The Labute approximate surface area is 151 Å². The smallest absolute Gasteiger partial charge is 0.226 e. The standard InChI is InChI=1S/C18H20ClN5O/c1-12-5-4-6-13(9-12)10-20-16-15-17(23-18(19)22-16)24(11-21-15)14-7-2-3-8-25-14/h4-6,9,11,14H,2-3,7-8,10H2,1H3,(H,20,22,23). The minimum absolute atomic E-state index is 0.0330. The first-order valence-corrected chi connectivity index (χ1v) is 8.89. The van der Waals surface area contributed by atoms with Gasteiger partial charge in [-0.1, -0.05) is 29.8 Å². The largest absolute Gasteiger partial charge is 0.364 e. The van der Waals surface area contributed by atoms with Gasteiger partial charge in [-0.05, 0) is 43.4 Å². The number of hydrogen-bond donors (Lipinski definition) is 1. The van der Waals surface area contributed by atoms with Crippen molar-refractivity contribution >= 4 is 28.6 Å². The van der Waals surface area contributed by atoms with Gasteiger partial charge >= 0.3 is 0 Å². The van der Waals surface area contributed by atoms with Crippen molar-refractivity contribution in [3.8, 4) is 0 Å². The van der Waals surface area contributed by atoms with Crippen LogP contribution in [0.2, 0.25) is 5.28 Å². The van der Waals surface area contributed by atoms with Gasteiger partial charge in [-0.25, -0.2) is 4.98 Å². The average Bonchev–Trinajstić information content (AvgIpc) is 3.04. The first kappa shape index (κ1) is 16.3. The molecule has 0 amide bonds. The van der Waals surface area contributed by atoms with Crippen LogP contribution < -0.4 is 5.32 Å². The summed E-state index contributed by atoms with van der Waals surface area (Å²) in [5, 5.41) is 3.54. The fraction of sp³-hybridized carbons (Fsp3) is 0.389. The number of aromatic nitrogens is 4. The fourth-order valence-electron chi connectivity index (χ4n) is 3.17. The van der Waals surface area contributed by atoms with Crippen LogP contribution in [0.1, 0.15) is 36.6 Å². The molecule has 1 fully saturated rings. The summed E-state index contributed by atoms with van der Waals surface area (Å²) < 4.78 is 7.81. The Morgan fingerprint density at radius 1 is 1.32 bits per heavy atom. The zero-order valence-corrected chi connectivity index (χ0v) is 14.8. The molecule has 0 bridgehead atoms. The molecule has 130 valence electrons. The maximum absolute atomic E-state index is 6.15. The molecule has 1 aliphatic heterocycles. The highest BCUT2D eigenvalue weighted by molar-refractivity contribution is 6.28. The lowest BCUT2D eigenvalue weighted by Crippen LogP contribution is -2.17. The van der Waals surface area contributed by atoms with Crippen LogP contribution >= 0.6 is 11.6 Å². The topological polar surface area (TPSA) is 64.9 Å². The zero-order chi connectivity index (χ0) is 17.2. The molecule has 1 unspecified atom stereocenters. The minimum Gasteiger partial charge on any atom is -0.364 e. The van der Waals surface area contributed by atoms with Gasteiger partial charge in [0.2, 0.25) is 5.28 Å². The van der Waals surface area contributed by atoms with Gasteiger partial charge in [0.25, 0.3) is 0 Å². The van der Waals surface area contributed by atoms with Crippen LogP contribution in [-0.2, 0) is 11.3 Å². The van der Waals surface area contributed by atoms with Gasteiger partial charge in [0.1, 0.15) is 6.23 Å². The van der Waals surface area contributed by atoms with Crippen molar-refractivity contribution < 1.29 is 4.74 Å². The molecule has 25 heavy (non-hydrogen) atoms. The van der Waals surface area contributed by atoms with E-state index in [4.69, 9.17) is 16.3 Å². The first-order valence-electron chi connectivity index (χ1n) is 8.52. The first-order chi connectivity index (χ1) is 12.2. The van der Waals surface area contributed by atoms with Crippen LogP contribution in [0.5, 0.6) is 0 Å². The molecule has 0 spiro atoms. The van der Waals surface area contributed by atoms with Gasteiger partial charge in [-0.3, -0.25) is 4.57 Å². The molecule has 6 nitrogen and oxygen atoms in total. The second-order valence-corrected chi connectivity index (χ2v) is 6.67. The number of anilines is 1. The van der Waals surface area contributed by atoms with E-state index in [0.29, 0.717) is 23.5 Å². The Balaban J connectivity index is 1.63. The van der Waals surface area contributed by atoms with E-state index in [-0.39, 0.29) is 11.5 Å². The van der Waals surface area contributed by atoms with Gasteiger partial charge in [-0.2, -0.15) is 9.97 Å². The van der Waals surface area contributed by atoms with Gasteiger partial charge in [0, 0.05) is 13.2 Å². The normalized spacial score (nSPS) is 17.8. The number of nitrogens with zero attached hydrogens (tertiary/aromatic N) is 4. The SMILES string of the molecule is Cc1cccc(CNc2nc(Cl)nc3c2ncn3C2CCCCO2)c1. The van der Waals surface area contributed by atoms with E-state index < -0.39 is 0 Å². The number of hydrogen-bond acceptors (Lipinski definition) is 5. The van der Waals surface area contributed by atoms with E-state index in [0.717, 1.165) is 25.9 Å². The van der Waals surface area contributed by atoms with Crippen molar-refractivity contribution in [2.24, 2.45) is 0 Å². The number of aryl methyl sites for hydroxylation is 1. The van der Waals surface area contributed by atoms with Crippen molar-refractivity contribution in [3.63, 3.8) is 0 Å². The molecular weight excluding hydrogens is 338 g/mol. The van der Waals surface area contributed by atoms with Crippen molar-refractivity contribution in [3.05, 3.63) is 47.0 Å². The van der Waals surface area contributed by atoms with Crippen molar-refractivity contribution in [2.75, 3.05) is 11.9 Å². The predicted octanol–water partition coefficient (Wildman–Crippen LogP) is 4.10. The van der Waals surface area contributed by atoms with E-state index in [1.807, 2.05) is 10.6 Å². The Morgan fingerprint density at radius 3 is 3.04 bits per heavy atom. The molecule has 3 aromatic rings. The van der Waals surface area contributed by atoms with Crippen LogP contribution in [0.15, 0.2) is 30.6 Å². The van der Waals surface area contributed by atoms with Crippen molar-refractivity contribution in [2.45, 2.75) is 39.0 Å². The lowest BCUT2D eigenvalue weighted by molar-refractivity contribution is -0.0298. The van der Waals surface area contributed by atoms with Crippen molar-refractivity contribution in [1.29, 1.82) is 0 Å². The lowest BCUT2D eigenvalue weighted by Gasteiger charge is -2.23. The molecule has 1 aromatic carbocycles. The molecular formula is C18H20ClN5O. The highest BCUT2D eigenvalue weighted by Crippen LogP contribution is 2.28. The third kappa shape index (κ3) is 3.45. The summed E-state index contributed by atoms with van der Waals surface area (Å²) in [5.74, 6) is 0.645. The third-order valence-electron chi connectivity index (χ3n) is 4.40. The predicted molar refractivity (Wildman–Crippen MR) is 97.7 cm³/mol. The quantitative estimate of drug-likeness (QED) is 0.712. The van der Waals surface area contributed by atoms with Crippen LogP contribution in [0, 0.1) is 6.92 Å². The summed E-state index contributed by atoms with van der Waals surface area (Å²) in [6.07, 6.45) is 4.93. The molecule has 1 saturated heterocycles. The number of nitrogens with one attached hydrogen (secondary N) is 1. The Morgan fingerprint density at radius 2 is 2.24 bits per heavy atom. The highest BCUT2D eigenvalue weighted by Gasteiger charge is 2.21. The number of fused-ring (bicyclic) bond motifs is 1. The molecule has 7 heteroatoms. The maximum Gasteiger partial charge on any atom is 0.226 e. The van der Waals surface area contributed by atoms with Crippen molar-refractivity contribution in [1.82, 2.24) is 19.5 Å².